The van der Waals surface area contributed by atoms with E-state index in [0.717, 1.165) is 22.9 Å². The zero-order valence-electron chi connectivity index (χ0n) is 17.9. The minimum atomic E-state index is -1.27. The standard InChI is InChI=1S/C15H18F3N3O2.C7H10NO/c16-11-7-13(18)12(17)5-9(11)4-10(19)6-15(23)21-3-1-2-20-14(22)8-21;1-7-5-3-2-4-6-8(7)9/h5,7,10H,1-4,6,8,19H2,(H,20,22);2,4-6,9H,3H2,1H3/q;+1/t10-;/m1./s1. The number of nitrogens with two attached hydrogens (primary N) is 1. The average molecular weight is 453 g/mol. The molecule has 0 aromatic heterocycles. The van der Waals surface area contributed by atoms with E-state index in [0.29, 0.717) is 25.6 Å². The van der Waals surface area contributed by atoms with Gasteiger partial charge in [-0.3, -0.25) is 14.8 Å². The Morgan fingerprint density at radius 3 is 2.75 bits per heavy atom. The van der Waals surface area contributed by atoms with Gasteiger partial charge < -0.3 is 16.0 Å². The van der Waals surface area contributed by atoms with Gasteiger partial charge in [-0.1, -0.05) is 6.08 Å². The molecule has 7 nitrogen and oxygen atoms in total. The first-order valence-corrected chi connectivity index (χ1v) is 10.3. The monoisotopic (exact) mass is 453 g/mol. The lowest BCUT2D eigenvalue weighted by Crippen LogP contribution is -2.40. The highest BCUT2D eigenvalue weighted by Crippen LogP contribution is 2.16. The minimum absolute atomic E-state index is 0.0366. The molecule has 4 N–H and O–H groups in total. The highest BCUT2D eigenvalue weighted by molar-refractivity contribution is 5.85. The molecule has 0 unspecified atom stereocenters. The number of hydrogen-bond donors (Lipinski definition) is 3. The van der Waals surface area contributed by atoms with Crippen molar-refractivity contribution >= 4 is 18.0 Å². The number of allylic oxidation sites excluding steroid dienone is 4. The predicted octanol–water partition coefficient (Wildman–Crippen LogP) is 2.03. The second-order valence-electron chi connectivity index (χ2n) is 7.55. The Morgan fingerprint density at radius 2 is 2.00 bits per heavy atom. The molecule has 1 atom stereocenters. The van der Waals surface area contributed by atoms with Crippen molar-refractivity contribution in [3.8, 4) is 0 Å². The van der Waals surface area contributed by atoms with Gasteiger partial charge in [0.2, 0.25) is 23.7 Å². The first-order valence-electron chi connectivity index (χ1n) is 10.3. The van der Waals surface area contributed by atoms with Crippen LogP contribution >= 0.6 is 0 Å². The van der Waals surface area contributed by atoms with E-state index in [9.17, 15) is 22.8 Å². The third-order valence-corrected chi connectivity index (χ3v) is 4.90. The first-order chi connectivity index (χ1) is 15.2. The third kappa shape index (κ3) is 7.84. The Hall–Kier alpha value is -3.14. The summed E-state index contributed by atoms with van der Waals surface area (Å²) in [5, 5.41) is 11.7. The van der Waals surface area contributed by atoms with Crippen LogP contribution in [0.15, 0.2) is 36.1 Å². The van der Waals surface area contributed by atoms with E-state index < -0.39 is 23.5 Å². The Bertz CT molecular complexity index is 931. The maximum absolute atomic E-state index is 13.6. The molecule has 2 amide bonds. The van der Waals surface area contributed by atoms with Gasteiger partial charge in [-0.15, -0.1) is 0 Å². The van der Waals surface area contributed by atoms with E-state index in [1.165, 1.54) is 4.90 Å². The van der Waals surface area contributed by atoms with Crippen LogP contribution in [0.5, 0.6) is 0 Å². The molecule has 2 aliphatic heterocycles. The highest BCUT2D eigenvalue weighted by atomic mass is 19.2. The second-order valence-corrected chi connectivity index (χ2v) is 7.55. The van der Waals surface area contributed by atoms with Crippen LogP contribution in [-0.2, 0) is 16.0 Å². The van der Waals surface area contributed by atoms with Crippen LogP contribution in [-0.4, -0.2) is 58.6 Å². The van der Waals surface area contributed by atoms with E-state index in [1.54, 1.807) is 6.21 Å². The molecule has 0 saturated carbocycles. The van der Waals surface area contributed by atoms with Crippen molar-refractivity contribution < 1.29 is 32.7 Å². The number of carbonyl (C=O) groups is 2. The van der Waals surface area contributed by atoms with Gasteiger partial charge in [-0.05, 0) is 37.0 Å². The number of carbonyl (C=O) groups excluding carboxylic acids is 2. The van der Waals surface area contributed by atoms with E-state index in [-0.39, 0.29) is 36.8 Å². The topological polar surface area (TPSA) is 98.7 Å². The molecule has 1 saturated heterocycles. The minimum Gasteiger partial charge on any atom is -0.354 e. The van der Waals surface area contributed by atoms with Gasteiger partial charge in [0.1, 0.15) is 5.82 Å². The number of hydroxylamine groups is 1. The second kappa shape index (κ2) is 12.0. The molecule has 10 heteroatoms. The number of halogens is 3. The fourth-order valence-electron chi connectivity index (χ4n) is 3.12. The number of rotatable bonds is 4. The molecule has 1 aromatic carbocycles. The molecule has 174 valence electrons. The summed E-state index contributed by atoms with van der Waals surface area (Å²) in [5.41, 5.74) is 6.60. The molecule has 1 aromatic rings. The van der Waals surface area contributed by atoms with Crippen molar-refractivity contribution in [3.05, 3.63) is 59.1 Å². The Labute approximate surface area is 184 Å². The summed E-state index contributed by atoms with van der Waals surface area (Å²) in [6.07, 6.45) is 8.73. The lowest BCUT2D eigenvalue weighted by atomic mass is 10.0. The molecule has 1 fully saturated rings. The van der Waals surface area contributed by atoms with Gasteiger partial charge in [-0.2, -0.15) is 0 Å². The van der Waals surface area contributed by atoms with Gasteiger partial charge in [0.25, 0.3) is 0 Å². The van der Waals surface area contributed by atoms with E-state index >= 15 is 0 Å². The number of benzene rings is 1. The van der Waals surface area contributed by atoms with E-state index in [4.69, 9.17) is 10.9 Å². The first kappa shape index (κ1) is 25.1. The summed E-state index contributed by atoms with van der Waals surface area (Å²) in [5.74, 6) is -3.90. The van der Waals surface area contributed by atoms with Crippen LogP contribution in [0.4, 0.5) is 13.2 Å². The summed E-state index contributed by atoms with van der Waals surface area (Å²) < 4.78 is 40.7. The van der Waals surface area contributed by atoms with Crippen LogP contribution in [0.25, 0.3) is 0 Å². The molecule has 2 aliphatic rings. The fourth-order valence-corrected chi connectivity index (χ4v) is 3.12. The number of amides is 2. The van der Waals surface area contributed by atoms with Crippen LogP contribution in [0.3, 0.4) is 0 Å². The zero-order valence-corrected chi connectivity index (χ0v) is 17.9. The summed E-state index contributed by atoms with van der Waals surface area (Å²) in [6, 6.07) is 0.445. The molecular weight excluding hydrogens is 425 g/mol. The maximum Gasteiger partial charge on any atom is 0.239 e. The third-order valence-electron chi connectivity index (χ3n) is 4.90. The van der Waals surface area contributed by atoms with Crippen molar-refractivity contribution in [2.24, 2.45) is 5.73 Å². The highest BCUT2D eigenvalue weighted by Gasteiger charge is 2.22. The van der Waals surface area contributed by atoms with Crippen LogP contribution < -0.4 is 11.1 Å². The molecule has 2 heterocycles. The van der Waals surface area contributed by atoms with Crippen molar-refractivity contribution in [2.45, 2.75) is 38.6 Å². The number of nitrogens with zero attached hydrogens (tertiary/aromatic N) is 2. The molecule has 32 heavy (non-hydrogen) atoms. The van der Waals surface area contributed by atoms with Crippen molar-refractivity contribution in [1.82, 2.24) is 10.2 Å². The largest absolute Gasteiger partial charge is 0.354 e. The molecule has 3 rings (SSSR count). The Kier molecular flexibility index (Phi) is 9.45. The number of hydrogen-bond acceptors (Lipinski definition) is 4. The summed E-state index contributed by atoms with van der Waals surface area (Å²) in [7, 11) is 0. The van der Waals surface area contributed by atoms with Crippen molar-refractivity contribution in [1.29, 1.82) is 0 Å². The lowest BCUT2D eigenvalue weighted by molar-refractivity contribution is -0.734. The molecule has 0 radical (unpaired) electrons. The predicted molar refractivity (Wildman–Crippen MR) is 112 cm³/mol. The van der Waals surface area contributed by atoms with Crippen LogP contribution in [0.1, 0.15) is 31.7 Å². The smallest absolute Gasteiger partial charge is 0.239 e. The van der Waals surface area contributed by atoms with Gasteiger partial charge >= 0.3 is 0 Å². The molecule has 0 bridgehead atoms. The molecule has 0 aliphatic carbocycles. The van der Waals surface area contributed by atoms with Crippen molar-refractivity contribution in [2.75, 3.05) is 19.6 Å². The average Bonchev–Trinajstić information content (AvgIpc) is 3.06. The molecule has 0 spiro atoms. The maximum atomic E-state index is 13.6. The van der Waals surface area contributed by atoms with Gasteiger partial charge in [0.05, 0.1) is 6.54 Å². The summed E-state index contributed by atoms with van der Waals surface area (Å²) >= 11 is 0. The van der Waals surface area contributed by atoms with Crippen LogP contribution in [0, 0.1) is 17.5 Å². The number of nitrogens with one attached hydrogen (secondary N) is 1. The summed E-state index contributed by atoms with van der Waals surface area (Å²) in [6.45, 7) is 2.77. The Morgan fingerprint density at radius 1 is 1.28 bits per heavy atom. The van der Waals surface area contributed by atoms with Gasteiger partial charge in [-0.25, -0.2) is 13.2 Å². The van der Waals surface area contributed by atoms with Gasteiger partial charge in [0, 0.05) is 49.4 Å². The summed E-state index contributed by atoms with van der Waals surface area (Å²) in [4.78, 5) is 25.0. The van der Waals surface area contributed by atoms with Gasteiger partial charge in [0.15, 0.2) is 11.6 Å². The lowest BCUT2D eigenvalue weighted by Gasteiger charge is -2.21. The quantitative estimate of drug-likeness (QED) is 0.369. The van der Waals surface area contributed by atoms with E-state index in [2.05, 4.69) is 5.32 Å². The van der Waals surface area contributed by atoms with E-state index in [1.807, 2.05) is 25.2 Å². The van der Waals surface area contributed by atoms with Crippen molar-refractivity contribution in [3.63, 3.8) is 0 Å². The Balaban J connectivity index is 0.000000336. The van der Waals surface area contributed by atoms with Crippen LogP contribution in [0.2, 0.25) is 0 Å². The molecular formula is C22H28F3N4O3+. The SMILES string of the molecule is CC1=CCC=CC=[N+]1O.N[C@@H](CC(=O)N1CCCNC(=O)C1)Cc1cc(F)c(F)cc1F. The zero-order chi connectivity index (χ0) is 23.7. The normalized spacial score (nSPS) is 17.2. The fraction of sp³-hybridized carbons (Fsp3) is 0.409.